The van der Waals surface area contributed by atoms with E-state index in [-0.39, 0.29) is 11.8 Å². The van der Waals surface area contributed by atoms with Crippen LogP contribution in [0, 0.1) is 5.92 Å². The van der Waals surface area contributed by atoms with Crippen molar-refractivity contribution < 1.29 is 4.79 Å². The Morgan fingerprint density at radius 2 is 2.15 bits per heavy atom. The summed E-state index contributed by atoms with van der Waals surface area (Å²) in [7, 11) is 0. The van der Waals surface area contributed by atoms with Crippen molar-refractivity contribution in [1.82, 2.24) is 4.98 Å². The van der Waals surface area contributed by atoms with Crippen LogP contribution in [0.25, 0.3) is 11.3 Å². The van der Waals surface area contributed by atoms with Gasteiger partial charge in [-0.05, 0) is 25.0 Å². The van der Waals surface area contributed by atoms with Gasteiger partial charge in [0.15, 0.2) is 5.13 Å². The molecule has 1 aliphatic carbocycles. The summed E-state index contributed by atoms with van der Waals surface area (Å²) in [5.41, 5.74) is 1.95. The molecule has 1 aromatic heterocycles. The molecule has 0 bridgehead atoms. The van der Waals surface area contributed by atoms with Crippen molar-refractivity contribution in [3.05, 3.63) is 34.1 Å². The molecule has 0 radical (unpaired) electrons. The van der Waals surface area contributed by atoms with Gasteiger partial charge < -0.3 is 5.32 Å². The van der Waals surface area contributed by atoms with E-state index in [0.29, 0.717) is 5.13 Å². The van der Waals surface area contributed by atoms with Gasteiger partial charge in [-0.25, -0.2) is 4.98 Å². The minimum absolute atomic E-state index is 0.123. The highest BCUT2D eigenvalue weighted by Crippen LogP contribution is 2.29. The summed E-state index contributed by atoms with van der Waals surface area (Å²) in [6, 6.07) is 8.01. The summed E-state index contributed by atoms with van der Waals surface area (Å²) in [6.45, 7) is 0. The van der Waals surface area contributed by atoms with Crippen molar-refractivity contribution in [2.75, 3.05) is 5.32 Å². The second-order valence-electron chi connectivity index (χ2n) is 5.02. The van der Waals surface area contributed by atoms with Gasteiger partial charge in [0, 0.05) is 21.3 Å². The third-order valence-electron chi connectivity index (χ3n) is 3.58. The maximum atomic E-state index is 12.1. The van der Waals surface area contributed by atoms with E-state index in [9.17, 15) is 4.79 Å². The van der Waals surface area contributed by atoms with E-state index in [1.165, 1.54) is 24.2 Å². The number of thiazole rings is 1. The maximum absolute atomic E-state index is 12.1. The van der Waals surface area contributed by atoms with E-state index in [2.05, 4.69) is 26.2 Å². The van der Waals surface area contributed by atoms with E-state index in [0.717, 1.165) is 28.6 Å². The lowest BCUT2D eigenvalue weighted by atomic mass is 10.1. The van der Waals surface area contributed by atoms with Crippen molar-refractivity contribution in [2.24, 2.45) is 5.92 Å². The van der Waals surface area contributed by atoms with Crippen LogP contribution in [0.15, 0.2) is 34.1 Å². The molecule has 1 fully saturated rings. The molecular weight excluding hydrogens is 336 g/mol. The van der Waals surface area contributed by atoms with Crippen molar-refractivity contribution in [3.63, 3.8) is 0 Å². The highest BCUT2D eigenvalue weighted by Gasteiger charge is 2.23. The van der Waals surface area contributed by atoms with Crippen LogP contribution in [0.5, 0.6) is 0 Å². The maximum Gasteiger partial charge on any atom is 0.229 e. The standard InChI is InChI=1S/C15H15BrN2OS/c16-12-7-3-6-11(8-12)13-9-20-15(17-13)18-14(19)10-4-1-2-5-10/h3,6-10H,1-2,4-5H2,(H,17,18,19). The molecule has 5 heteroatoms. The zero-order chi connectivity index (χ0) is 13.9. The lowest BCUT2D eigenvalue weighted by Gasteiger charge is -2.07. The Balaban J connectivity index is 1.72. The van der Waals surface area contributed by atoms with Crippen LogP contribution in [0.4, 0.5) is 5.13 Å². The van der Waals surface area contributed by atoms with Crippen molar-refractivity contribution in [2.45, 2.75) is 25.7 Å². The molecule has 0 aliphatic heterocycles. The summed E-state index contributed by atoms with van der Waals surface area (Å²) < 4.78 is 1.03. The quantitative estimate of drug-likeness (QED) is 0.871. The number of hydrogen-bond acceptors (Lipinski definition) is 3. The van der Waals surface area contributed by atoms with Crippen molar-refractivity contribution in [3.8, 4) is 11.3 Å². The fourth-order valence-electron chi connectivity index (χ4n) is 2.51. The molecule has 1 aliphatic rings. The van der Waals surface area contributed by atoms with Crippen LogP contribution in [0.1, 0.15) is 25.7 Å². The minimum Gasteiger partial charge on any atom is -0.302 e. The van der Waals surface area contributed by atoms with Gasteiger partial charge in [-0.1, -0.05) is 40.9 Å². The number of halogens is 1. The first kappa shape index (κ1) is 13.8. The average Bonchev–Trinajstić information content (AvgIpc) is 3.10. The molecule has 0 spiro atoms. The SMILES string of the molecule is O=C(Nc1nc(-c2cccc(Br)c2)cs1)C1CCCC1. The topological polar surface area (TPSA) is 42.0 Å². The Morgan fingerprint density at radius 3 is 2.90 bits per heavy atom. The third-order valence-corrected chi connectivity index (χ3v) is 4.83. The van der Waals surface area contributed by atoms with Crippen LogP contribution >= 0.6 is 27.3 Å². The van der Waals surface area contributed by atoms with Crippen LogP contribution in [0.2, 0.25) is 0 Å². The summed E-state index contributed by atoms with van der Waals surface area (Å²) in [5, 5.41) is 5.62. The Morgan fingerprint density at radius 1 is 1.35 bits per heavy atom. The van der Waals surface area contributed by atoms with E-state index in [1.54, 1.807) is 0 Å². The third kappa shape index (κ3) is 3.10. The highest BCUT2D eigenvalue weighted by atomic mass is 79.9. The monoisotopic (exact) mass is 350 g/mol. The molecule has 1 saturated carbocycles. The minimum atomic E-state index is 0.123. The van der Waals surface area contributed by atoms with Crippen LogP contribution in [0.3, 0.4) is 0 Å². The van der Waals surface area contributed by atoms with Gasteiger partial charge in [-0.2, -0.15) is 0 Å². The van der Waals surface area contributed by atoms with Gasteiger partial charge in [-0.3, -0.25) is 4.79 Å². The number of carbonyl (C=O) groups excluding carboxylic acids is 1. The summed E-state index contributed by atoms with van der Waals surface area (Å²) >= 11 is 4.94. The Labute approximate surface area is 130 Å². The fourth-order valence-corrected chi connectivity index (χ4v) is 3.63. The molecule has 1 N–H and O–H groups in total. The van der Waals surface area contributed by atoms with E-state index in [1.807, 2.05) is 29.6 Å². The molecule has 104 valence electrons. The van der Waals surface area contributed by atoms with E-state index >= 15 is 0 Å². The number of nitrogens with zero attached hydrogens (tertiary/aromatic N) is 1. The van der Waals surface area contributed by atoms with Crippen molar-refractivity contribution in [1.29, 1.82) is 0 Å². The molecule has 0 saturated heterocycles. The molecule has 3 nitrogen and oxygen atoms in total. The van der Waals surface area contributed by atoms with Gasteiger partial charge in [0.25, 0.3) is 0 Å². The molecule has 1 heterocycles. The molecule has 0 atom stereocenters. The lowest BCUT2D eigenvalue weighted by Crippen LogP contribution is -2.20. The number of rotatable bonds is 3. The molecular formula is C15H15BrN2OS. The molecule has 1 amide bonds. The number of carbonyl (C=O) groups is 1. The van der Waals surface area contributed by atoms with Crippen LogP contribution in [-0.4, -0.2) is 10.9 Å². The average molecular weight is 351 g/mol. The molecule has 1 aromatic carbocycles. The van der Waals surface area contributed by atoms with Crippen LogP contribution < -0.4 is 5.32 Å². The second kappa shape index (κ2) is 6.06. The normalized spacial score (nSPS) is 15.4. The second-order valence-corrected chi connectivity index (χ2v) is 6.79. The fraction of sp³-hybridized carbons (Fsp3) is 0.333. The number of aromatic nitrogens is 1. The van der Waals surface area contributed by atoms with Gasteiger partial charge >= 0.3 is 0 Å². The Bertz CT molecular complexity index is 620. The molecule has 3 rings (SSSR count). The predicted molar refractivity (Wildman–Crippen MR) is 85.8 cm³/mol. The van der Waals surface area contributed by atoms with Crippen molar-refractivity contribution >= 4 is 38.3 Å². The number of benzene rings is 1. The Kier molecular flexibility index (Phi) is 4.17. The van der Waals surface area contributed by atoms with Gasteiger partial charge in [0.1, 0.15) is 0 Å². The van der Waals surface area contributed by atoms with Gasteiger partial charge in [-0.15, -0.1) is 11.3 Å². The smallest absolute Gasteiger partial charge is 0.229 e. The first-order valence-corrected chi connectivity index (χ1v) is 8.42. The van der Waals surface area contributed by atoms with E-state index in [4.69, 9.17) is 0 Å². The number of nitrogens with one attached hydrogen (secondary N) is 1. The molecule has 2 aromatic rings. The number of amides is 1. The number of hydrogen-bond donors (Lipinski definition) is 1. The Hall–Kier alpha value is -1.20. The number of anilines is 1. The summed E-state index contributed by atoms with van der Waals surface area (Å²) in [5.74, 6) is 0.297. The highest BCUT2D eigenvalue weighted by molar-refractivity contribution is 9.10. The lowest BCUT2D eigenvalue weighted by molar-refractivity contribution is -0.119. The van der Waals surface area contributed by atoms with Gasteiger partial charge in [0.2, 0.25) is 5.91 Å². The first-order valence-electron chi connectivity index (χ1n) is 6.75. The zero-order valence-corrected chi connectivity index (χ0v) is 13.3. The summed E-state index contributed by atoms with van der Waals surface area (Å²) in [6.07, 6.45) is 4.35. The summed E-state index contributed by atoms with van der Waals surface area (Å²) in [4.78, 5) is 16.6. The predicted octanol–water partition coefficient (Wildman–Crippen LogP) is 4.70. The van der Waals surface area contributed by atoms with Crippen LogP contribution in [-0.2, 0) is 4.79 Å². The first-order chi connectivity index (χ1) is 9.72. The van der Waals surface area contributed by atoms with Gasteiger partial charge in [0.05, 0.1) is 5.69 Å². The largest absolute Gasteiger partial charge is 0.302 e. The molecule has 0 unspecified atom stereocenters. The molecule has 20 heavy (non-hydrogen) atoms. The zero-order valence-electron chi connectivity index (χ0n) is 10.9. The van der Waals surface area contributed by atoms with E-state index < -0.39 is 0 Å².